The van der Waals surface area contributed by atoms with Crippen LogP contribution in [0, 0.1) is 5.92 Å². The molecule has 1 aromatic heterocycles. The molecule has 5 rings (SSSR count). The van der Waals surface area contributed by atoms with Gasteiger partial charge in [0.2, 0.25) is 5.95 Å². The van der Waals surface area contributed by atoms with E-state index in [1.165, 1.54) is 31.4 Å². The first-order valence-corrected chi connectivity index (χ1v) is 12.1. The van der Waals surface area contributed by atoms with E-state index in [4.69, 9.17) is 9.72 Å². The zero-order valence-electron chi connectivity index (χ0n) is 20.2. The number of anilines is 2. The molecule has 0 saturated heterocycles. The second-order valence-corrected chi connectivity index (χ2v) is 9.09. The molecule has 1 saturated carbocycles. The molecule has 3 aromatic carbocycles. The summed E-state index contributed by atoms with van der Waals surface area (Å²) in [4.78, 5) is 16.5. The maximum Gasteiger partial charge on any atom is 0.573 e. The highest BCUT2D eigenvalue weighted by Gasteiger charge is 2.36. The Balaban J connectivity index is 1.53. The Morgan fingerprint density at radius 1 is 1.08 bits per heavy atom. The lowest BCUT2D eigenvalue weighted by Gasteiger charge is -2.23. The van der Waals surface area contributed by atoms with Crippen molar-refractivity contribution in [3.05, 3.63) is 83.9 Å². The molecule has 37 heavy (non-hydrogen) atoms. The third kappa shape index (κ3) is 5.87. The lowest BCUT2D eigenvalue weighted by atomic mass is 10.0. The molecular formula is C28H26F3N3O3. The van der Waals surface area contributed by atoms with Crippen molar-refractivity contribution in [1.29, 1.82) is 0 Å². The summed E-state index contributed by atoms with van der Waals surface area (Å²) in [5.41, 5.74) is 4.41. The van der Waals surface area contributed by atoms with Gasteiger partial charge in [0.1, 0.15) is 5.75 Å². The monoisotopic (exact) mass is 509 g/mol. The van der Waals surface area contributed by atoms with Gasteiger partial charge in [-0.2, -0.15) is 0 Å². The Bertz CT molecular complexity index is 1380. The number of hydrogen-bond acceptors (Lipinski definition) is 5. The average Bonchev–Trinajstić information content (AvgIpc) is 3.66. The molecule has 9 heteroatoms. The predicted octanol–water partition coefficient (Wildman–Crippen LogP) is 6.78. The topological polar surface area (TPSA) is 65.4 Å². The van der Waals surface area contributed by atoms with Crippen LogP contribution in [0.3, 0.4) is 0 Å². The minimum atomic E-state index is -4.75. The van der Waals surface area contributed by atoms with Crippen molar-refractivity contribution >= 4 is 28.6 Å². The standard InChI is InChI=1S/C28H26F3N3O3/c1-36-25(35)16-8-18-7-15-24-23(17-18)33-27(32-21-11-13-22(14-12-21)37-28(29,30)31)34(24)26(20-9-10-20)19-5-3-2-4-6-19/h2-7,11-15,17,20,26H,8-10,16H2,1H3,(H,32,33). The van der Waals surface area contributed by atoms with Gasteiger partial charge in [-0.15, -0.1) is 13.2 Å². The number of nitrogens with zero attached hydrogens (tertiary/aromatic N) is 2. The van der Waals surface area contributed by atoms with Gasteiger partial charge in [0, 0.05) is 12.1 Å². The minimum absolute atomic E-state index is 0.0439. The number of carbonyl (C=O) groups excluding carboxylic acids is 1. The van der Waals surface area contributed by atoms with Crippen LogP contribution in [0.1, 0.15) is 36.4 Å². The molecule has 1 unspecified atom stereocenters. The van der Waals surface area contributed by atoms with Gasteiger partial charge in [0.15, 0.2) is 0 Å². The SMILES string of the molecule is COC(=O)CCc1ccc2c(c1)nc(Nc1ccc(OC(F)(F)F)cc1)n2C(c1ccccc1)C1CC1. The van der Waals surface area contributed by atoms with E-state index < -0.39 is 6.36 Å². The van der Waals surface area contributed by atoms with E-state index in [1.807, 2.05) is 36.4 Å². The second-order valence-electron chi connectivity index (χ2n) is 9.09. The van der Waals surface area contributed by atoms with Gasteiger partial charge in [0.05, 0.1) is 24.2 Å². The minimum Gasteiger partial charge on any atom is -0.469 e. The summed E-state index contributed by atoms with van der Waals surface area (Å²) in [6, 6.07) is 21.8. The molecule has 1 atom stereocenters. The third-order valence-corrected chi connectivity index (χ3v) is 6.43. The van der Waals surface area contributed by atoms with Crippen LogP contribution in [0.25, 0.3) is 11.0 Å². The van der Waals surface area contributed by atoms with Gasteiger partial charge in [-0.1, -0.05) is 36.4 Å². The van der Waals surface area contributed by atoms with Crippen LogP contribution in [-0.2, 0) is 16.0 Å². The van der Waals surface area contributed by atoms with E-state index in [0.29, 0.717) is 24.0 Å². The number of carbonyl (C=O) groups is 1. The first kappa shape index (κ1) is 24.7. The fraction of sp³-hybridized carbons (Fsp3) is 0.286. The van der Waals surface area contributed by atoms with Gasteiger partial charge in [-0.05, 0) is 72.7 Å². The lowest BCUT2D eigenvalue weighted by molar-refractivity contribution is -0.274. The molecule has 0 bridgehead atoms. The number of fused-ring (bicyclic) bond motifs is 1. The quantitative estimate of drug-likeness (QED) is 0.252. The molecular weight excluding hydrogens is 483 g/mol. The van der Waals surface area contributed by atoms with E-state index in [1.54, 1.807) is 0 Å². The number of methoxy groups -OCH3 is 1. The zero-order valence-corrected chi connectivity index (χ0v) is 20.2. The van der Waals surface area contributed by atoms with Crippen molar-refractivity contribution in [2.45, 2.75) is 38.1 Å². The van der Waals surface area contributed by atoms with Gasteiger partial charge < -0.3 is 19.4 Å². The van der Waals surface area contributed by atoms with Crippen LogP contribution in [0.2, 0.25) is 0 Å². The fourth-order valence-electron chi connectivity index (χ4n) is 4.58. The van der Waals surface area contributed by atoms with Gasteiger partial charge in [-0.25, -0.2) is 4.98 Å². The van der Waals surface area contributed by atoms with Gasteiger partial charge >= 0.3 is 12.3 Å². The van der Waals surface area contributed by atoms with Crippen molar-refractivity contribution in [2.24, 2.45) is 5.92 Å². The first-order chi connectivity index (χ1) is 17.8. The van der Waals surface area contributed by atoms with Crippen molar-refractivity contribution in [3.8, 4) is 5.75 Å². The van der Waals surface area contributed by atoms with E-state index >= 15 is 0 Å². The maximum absolute atomic E-state index is 12.6. The van der Waals surface area contributed by atoms with Gasteiger partial charge in [-0.3, -0.25) is 4.79 Å². The van der Waals surface area contributed by atoms with Crippen molar-refractivity contribution in [1.82, 2.24) is 9.55 Å². The Labute approximate surface area is 212 Å². The third-order valence-electron chi connectivity index (χ3n) is 6.43. The Morgan fingerprint density at radius 2 is 1.81 bits per heavy atom. The Kier molecular flexibility index (Phi) is 6.78. The summed E-state index contributed by atoms with van der Waals surface area (Å²) in [5.74, 6) is 0.470. The second kappa shape index (κ2) is 10.2. The summed E-state index contributed by atoms with van der Waals surface area (Å²) in [7, 11) is 1.37. The molecule has 0 spiro atoms. The molecule has 0 radical (unpaired) electrons. The highest BCUT2D eigenvalue weighted by atomic mass is 19.4. The normalized spacial score (nSPS) is 14.4. The number of rotatable bonds is 9. The molecule has 1 heterocycles. The lowest BCUT2D eigenvalue weighted by Crippen LogP contribution is -2.17. The summed E-state index contributed by atoms with van der Waals surface area (Å²) >= 11 is 0. The summed E-state index contributed by atoms with van der Waals surface area (Å²) < 4.78 is 48.6. The summed E-state index contributed by atoms with van der Waals surface area (Å²) in [5, 5.41) is 3.30. The predicted molar refractivity (Wildman–Crippen MR) is 134 cm³/mol. The molecule has 0 aliphatic heterocycles. The van der Waals surface area contributed by atoms with E-state index in [0.717, 1.165) is 35.0 Å². The van der Waals surface area contributed by atoms with Crippen LogP contribution in [0.5, 0.6) is 5.75 Å². The van der Waals surface area contributed by atoms with Crippen LogP contribution < -0.4 is 10.1 Å². The number of alkyl halides is 3. The molecule has 1 aliphatic carbocycles. The number of esters is 1. The molecule has 192 valence electrons. The largest absolute Gasteiger partial charge is 0.573 e. The van der Waals surface area contributed by atoms with Crippen LogP contribution in [-0.4, -0.2) is 29.0 Å². The Hall–Kier alpha value is -4.01. The Morgan fingerprint density at radius 3 is 2.46 bits per heavy atom. The molecule has 1 aliphatic rings. The highest BCUT2D eigenvalue weighted by molar-refractivity contribution is 5.81. The molecule has 1 fully saturated rings. The molecule has 0 amide bonds. The van der Waals surface area contributed by atoms with Crippen LogP contribution in [0.15, 0.2) is 72.8 Å². The number of benzene rings is 3. The fourth-order valence-corrected chi connectivity index (χ4v) is 4.58. The number of halogens is 3. The van der Waals surface area contributed by atoms with Crippen LogP contribution >= 0.6 is 0 Å². The number of hydrogen-bond donors (Lipinski definition) is 1. The number of imidazole rings is 1. The average molecular weight is 510 g/mol. The maximum atomic E-state index is 12.6. The zero-order chi connectivity index (χ0) is 26.0. The first-order valence-electron chi connectivity index (χ1n) is 12.1. The molecule has 1 N–H and O–H groups in total. The van der Waals surface area contributed by atoms with Crippen molar-refractivity contribution in [2.75, 3.05) is 12.4 Å². The number of aryl methyl sites for hydroxylation is 1. The van der Waals surface area contributed by atoms with Crippen molar-refractivity contribution in [3.63, 3.8) is 0 Å². The van der Waals surface area contributed by atoms with Gasteiger partial charge in [0.25, 0.3) is 0 Å². The number of nitrogens with one attached hydrogen (secondary N) is 1. The summed E-state index contributed by atoms with van der Waals surface area (Å²) in [6.07, 6.45) is -1.75. The molecule has 6 nitrogen and oxygen atoms in total. The highest BCUT2D eigenvalue weighted by Crippen LogP contribution is 2.46. The summed E-state index contributed by atoms with van der Waals surface area (Å²) in [6.45, 7) is 0. The van der Waals surface area contributed by atoms with E-state index in [2.05, 4.69) is 26.8 Å². The number of aromatic nitrogens is 2. The molecule has 4 aromatic rings. The van der Waals surface area contributed by atoms with Crippen LogP contribution in [0.4, 0.5) is 24.8 Å². The van der Waals surface area contributed by atoms with E-state index in [-0.39, 0.29) is 24.2 Å². The van der Waals surface area contributed by atoms with Crippen molar-refractivity contribution < 1.29 is 27.4 Å². The smallest absolute Gasteiger partial charge is 0.469 e. The number of ether oxygens (including phenoxy) is 2. The van der Waals surface area contributed by atoms with E-state index in [9.17, 15) is 18.0 Å².